The quantitative estimate of drug-likeness (QED) is 0.678. The molecule has 15 heavy (non-hydrogen) atoms. The third-order valence-corrected chi connectivity index (χ3v) is 3.80. The van der Waals surface area contributed by atoms with Crippen molar-refractivity contribution in [1.82, 2.24) is 0 Å². The second-order valence-corrected chi connectivity index (χ2v) is 4.85. The number of fused-ring (bicyclic) bond motifs is 3. The molecule has 3 heteroatoms. The minimum Gasteiger partial charge on any atom is -0.623 e. The average molecular weight is 216 g/mol. The molecule has 0 N–H and O–H groups in total. The average Bonchev–Trinajstić information content (AvgIpc) is 2.29. The van der Waals surface area contributed by atoms with Crippen LogP contribution in [0.2, 0.25) is 0 Å². The van der Waals surface area contributed by atoms with Crippen LogP contribution in [0.4, 0.5) is 0 Å². The Labute approximate surface area is 88.9 Å². The van der Waals surface area contributed by atoms with Crippen molar-refractivity contribution in [2.75, 3.05) is 0 Å². The van der Waals surface area contributed by atoms with Gasteiger partial charge in [0.25, 0.3) is 0 Å². The van der Waals surface area contributed by atoms with Gasteiger partial charge >= 0.3 is 5.48 Å². The standard InChI is InChI=1S/C12H9O2P/c13-15-7-3-6-11-10-5-2-1-4-9(10)8-14-12(11)15/h1-7H,8H2. The molecule has 1 atom stereocenters. The Bertz CT molecular complexity index is 523. The van der Waals surface area contributed by atoms with E-state index >= 15 is 0 Å². The highest BCUT2D eigenvalue weighted by atomic mass is 31.1. The second-order valence-electron chi connectivity index (χ2n) is 3.50. The molecular formula is C12H9O2P. The first-order valence-corrected chi connectivity index (χ1v) is 6.12. The lowest BCUT2D eigenvalue weighted by Gasteiger charge is -2.18. The fourth-order valence-corrected chi connectivity index (χ4v) is 2.88. The molecule has 2 heterocycles. The topological polar surface area (TPSA) is 32.3 Å². The minimum absolute atomic E-state index is 0.526. The fourth-order valence-electron chi connectivity index (χ4n) is 1.88. The summed E-state index contributed by atoms with van der Waals surface area (Å²) in [7, 11) is -1.48. The zero-order valence-electron chi connectivity index (χ0n) is 8.01. The maximum atomic E-state index is 11.7. The third kappa shape index (κ3) is 1.34. The van der Waals surface area contributed by atoms with Crippen molar-refractivity contribution >= 4 is 7.76 Å². The zero-order valence-corrected chi connectivity index (χ0v) is 8.91. The molecule has 0 amide bonds. The summed E-state index contributed by atoms with van der Waals surface area (Å²) in [5, 5.41) is 0. The Hall–Kier alpha value is -1.37. The highest BCUT2D eigenvalue weighted by molar-refractivity contribution is 7.44. The van der Waals surface area contributed by atoms with Crippen LogP contribution in [-0.4, -0.2) is 0 Å². The Kier molecular flexibility index (Phi) is 1.98. The minimum atomic E-state index is -1.48. The van der Waals surface area contributed by atoms with Gasteiger partial charge in [-0.05, 0) is 23.3 Å². The molecule has 1 aliphatic heterocycles. The van der Waals surface area contributed by atoms with Crippen molar-refractivity contribution < 1.29 is 9.63 Å². The zero-order chi connectivity index (χ0) is 10.3. The van der Waals surface area contributed by atoms with Crippen molar-refractivity contribution in [3.8, 4) is 16.6 Å². The van der Waals surface area contributed by atoms with Gasteiger partial charge in [-0.1, -0.05) is 24.3 Å². The SMILES string of the molecule is [O-][p+]1cccc2c1OCc1ccccc1-2. The summed E-state index contributed by atoms with van der Waals surface area (Å²) in [6, 6.07) is 11.9. The Morgan fingerprint density at radius 1 is 1.07 bits per heavy atom. The monoisotopic (exact) mass is 216 g/mol. The van der Waals surface area contributed by atoms with Crippen LogP contribution in [-0.2, 0) is 6.61 Å². The van der Waals surface area contributed by atoms with Gasteiger partial charge in [0.1, 0.15) is 20.2 Å². The number of hydrogen-bond donors (Lipinski definition) is 0. The molecule has 1 aromatic carbocycles. The largest absolute Gasteiger partial charge is 0.623 e. The first-order chi connectivity index (χ1) is 7.36. The number of rotatable bonds is 0. The predicted octanol–water partition coefficient (Wildman–Crippen LogP) is 2.64. The Morgan fingerprint density at radius 2 is 1.87 bits per heavy atom. The molecule has 0 saturated carbocycles. The van der Waals surface area contributed by atoms with Crippen LogP contribution in [0.1, 0.15) is 5.56 Å². The lowest BCUT2D eigenvalue weighted by molar-refractivity contribution is -0.151. The van der Waals surface area contributed by atoms with Gasteiger partial charge in [0.05, 0.1) is 5.56 Å². The Balaban J connectivity index is 2.30. The molecule has 0 spiro atoms. The summed E-state index contributed by atoms with van der Waals surface area (Å²) in [5.41, 5.74) is 3.91. The molecule has 0 fully saturated rings. The van der Waals surface area contributed by atoms with E-state index in [1.54, 1.807) is 5.80 Å². The van der Waals surface area contributed by atoms with Gasteiger partial charge in [-0.25, -0.2) is 0 Å². The van der Waals surface area contributed by atoms with Gasteiger partial charge < -0.3 is 9.63 Å². The molecule has 0 saturated heterocycles. The van der Waals surface area contributed by atoms with Gasteiger partial charge in [-0.3, -0.25) is 0 Å². The van der Waals surface area contributed by atoms with E-state index in [1.807, 2.05) is 36.4 Å². The summed E-state index contributed by atoms with van der Waals surface area (Å²) < 4.78 is 5.53. The highest BCUT2D eigenvalue weighted by Gasteiger charge is 2.22. The maximum Gasteiger partial charge on any atom is 0.302 e. The smallest absolute Gasteiger partial charge is 0.302 e. The third-order valence-electron chi connectivity index (χ3n) is 2.59. The molecule has 0 radical (unpaired) electrons. The first kappa shape index (κ1) is 8.90. The summed E-state index contributed by atoms with van der Waals surface area (Å²) in [4.78, 5) is 11.7. The van der Waals surface area contributed by atoms with Gasteiger partial charge in [-0.15, -0.1) is 0 Å². The molecule has 3 rings (SSSR count). The van der Waals surface area contributed by atoms with E-state index in [9.17, 15) is 4.89 Å². The van der Waals surface area contributed by atoms with E-state index in [0.717, 1.165) is 16.7 Å². The van der Waals surface area contributed by atoms with Crippen LogP contribution in [0.25, 0.3) is 11.1 Å². The van der Waals surface area contributed by atoms with E-state index < -0.39 is 7.76 Å². The van der Waals surface area contributed by atoms with E-state index in [0.29, 0.717) is 12.1 Å². The van der Waals surface area contributed by atoms with E-state index in [2.05, 4.69) is 0 Å². The summed E-state index contributed by atoms with van der Waals surface area (Å²) in [6.07, 6.45) is 0. The molecule has 1 aliphatic rings. The van der Waals surface area contributed by atoms with Crippen LogP contribution >= 0.6 is 7.76 Å². The van der Waals surface area contributed by atoms with Gasteiger partial charge in [0.2, 0.25) is 0 Å². The second kappa shape index (κ2) is 3.34. The van der Waals surface area contributed by atoms with Gasteiger partial charge in [0.15, 0.2) is 0 Å². The summed E-state index contributed by atoms with van der Waals surface area (Å²) in [6.45, 7) is 0.526. The fraction of sp³-hybridized carbons (Fsp3) is 0.0833. The molecule has 0 bridgehead atoms. The van der Waals surface area contributed by atoms with E-state index in [1.165, 1.54) is 0 Å². The molecule has 0 aliphatic carbocycles. The van der Waals surface area contributed by atoms with Crippen LogP contribution in [0.5, 0.6) is 5.48 Å². The van der Waals surface area contributed by atoms with Crippen molar-refractivity contribution in [2.45, 2.75) is 6.61 Å². The van der Waals surface area contributed by atoms with E-state index in [-0.39, 0.29) is 0 Å². The normalized spacial score (nSPS) is 13.8. The lowest BCUT2D eigenvalue weighted by Crippen LogP contribution is -2.05. The Morgan fingerprint density at radius 3 is 2.80 bits per heavy atom. The summed E-state index contributed by atoms with van der Waals surface area (Å²) in [5.74, 6) is 1.68. The maximum absolute atomic E-state index is 11.7. The van der Waals surface area contributed by atoms with Gasteiger partial charge in [-0.2, -0.15) is 0 Å². The molecule has 1 unspecified atom stereocenters. The highest BCUT2D eigenvalue weighted by Crippen LogP contribution is 2.45. The van der Waals surface area contributed by atoms with Crippen molar-refractivity contribution in [3.05, 3.63) is 47.8 Å². The number of hydrogen-bond acceptors (Lipinski definition) is 2. The van der Waals surface area contributed by atoms with Crippen molar-refractivity contribution in [1.29, 1.82) is 0 Å². The van der Waals surface area contributed by atoms with Crippen LogP contribution in [0, 0.1) is 0 Å². The molecular weight excluding hydrogens is 207 g/mol. The molecule has 74 valence electrons. The number of ether oxygens (including phenoxy) is 1. The predicted molar refractivity (Wildman–Crippen MR) is 58.7 cm³/mol. The lowest BCUT2D eigenvalue weighted by atomic mass is 10.0. The molecule has 2 nitrogen and oxygen atoms in total. The number of benzene rings is 1. The summed E-state index contributed by atoms with van der Waals surface area (Å²) >= 11 is 0. The molecule has 1 aromatic heterocycles. The van der Waals surface area contributed by atoms with Crippen LogP contribution < -0.4 is 9.63 Å². The molecule has 2 aromatic rings. The van der Waals surface area contributed by atoms with Gasteiger partial charge in [0, 0.05) is 0 Å². The van der Waals surface area contributed by atoms with Crippen molar-refractivity contribution in [3.63, 3.8) is 0 Å². The van der Waals surface area contributed by atoms with Crippen LogP contribution in [0.3, 0.4) is 0 Å². The van der Waals surface area contributed by atoms with Crippen molar-refractivity contribution in [2.24, 2.45) is 0 Å². The first-order valence-electron chi connectivity index (χ1n) is 4.79. The van der Waals surface area contributed by atoms with E-state index in [4.69, 9.17) is 4.74 Å². The van der Waals surface area contributed by atoms with Crippen LogP contribution in [0.15, 0.2) is 42.2 Å².